The molecular weight excluding hydrogens is 304 g/mol. The molecule has 6 heteroatoms. The van der Waals surface area contributed by atoms with E-state index in [4.69, 9.17) is 5.73 Å². The van der Waals surface area contributed by atoms with Crippen LogP contribution in [0.2, 0.25) is 0 Å². The molecule has 0 unspecified atom stereocenters. The second-order valence-electron chi connectivity index (χ2n) is 5.38. The molecule has 2 heterocycles. The minimum absolute atomic E-state index is 0.230. The van der Waals surface area contributed by atoms with Crippen molar-refractivity contribution in [2.24, 2.45) is 5.73 Å². The molecular formula is C18H16N4O2. The highest BCUT2D eigenvalue weighted by Gasteiger charge is 2.20. The van der Waals surface area contributed by atoms with E-state index in [1.807, 2.05) is 30.3 Å². The summed E-state index contributed by atoms with van der Waals surface area (Å²) in [5.74, 6) is -1.02. The molecule has 0 aliphatic carbocycles. The first-order chi connectivity index (χ1) is 11.6. The minimum atomic E-state index is -0.796. The summed E-state index contributed by atoms with van der Waals surface area (Å²) in [4.78, 5) is 32.4. The average molecular weight is 320 g/mol. The van der Waals surface area contributed by atoms with Crippen LogP contribution in [0, 0.1) is 0 Å². The smallest absolute Gasteiger partial charge is 0.270 e. The van der Waals surface area contributed by atoms with Crippen molar-refractivity contribution in [2.75, 3.05) is 0 Å². The fourth-order valence-corrected chi connectivity index (χ4v) is 2.40. The van der Waals surface area contributed by atoms with Gasteiger partial charge in [-0.2, -0.15) is 0 Å². The Kier molecular flexibility index (Phi) is 4.47. The standard InChI is InChI=1S/C18H16N4O2/c19-17(23)16(10-12-4-2-1-3-5-12)22-18(24)15-7-6-13-11-20-9-8-14(13)21-15/h1-9,11,16H,10H2,(H2,19,23)(H,22,24)/t16-/m1/s1. The fraction of sp³-hybridized carbons (Fsp3) is 0.111. The molecule has 0 aliphatic heterocycles. The number of amides is 2. The number of benzene rings is 1. The van der Waals surface area contributed by atoms with Crippen LogP contribution < -0.4 is 11.1 Å². The number of hydrogen-bond acceptors (Lipinski definition) is 4. The van der Waals surface area contributed by atoms with Gasteiger partial charge in [0, 0.05) is 24.2 Å². The van der Waals surface area contributed by atoms with Crippen LogP contribution in [-0.4, -0.2) is 27.8 Å². The molecule has 6 nitrogen and oxygen atoms in total. The molecule has 0 aliphatic rings. The number of primary amides is 1. The lowest BCUT2D eigenvalue weighted by atomic mass is 10.1. The molecule has 24 heavy (non-hydrogen) atoms. The number of nitrogens with one attached hydrogen (secondary N) is 1. The molecule has 3 N–H and O–H groups in total. The monoisotopic (exact) mass is 320 g/mol. The Hall–Kier alpha value is -3.28. The van der Waals surface area contributed by atoms with Crippen molar-refractivity contribution >= 4 is 22.7 Å². The van der Waals surface area contributed by atoms with Gasteiger partial charge >= 0.3 is 0 Å². The maximum absolute atomic E-state index is 12.4. The van der Waals surface area contributed by atoms with Crippen LogP contribution in [0.15, 0.2) is 60.9 Å². The topological polar surface area (TPSA) is 98.0 Å². The number of fused-ring (bicyclic) bond motifs is 1. The van der Waals surface area contributed by atoms with Gasteiger partial charge in [0.2, 0.25) is 5.91 Å². The third-order valence-corrected chi connectivity index (χ3v) is 3.65. The van der Waals surface area contributed by atoms with Crippen LogP contribution in [-0.2, 0) is 11.2 Å². The molecule has 120 valence electrons. The molecule has 1 aromatic carbocycles. The number of carbonyl (C=O) groups is 2. The number of pyridine rings is 2. The van der Waals surface area contributed by atoms with E-state index in [1.165, 1.54) is 0 Å². The predicted molar refractivity (Wildman–Crippen MR) is 90.1 cm³/mol. The fourth-order valence-electron chi connectivity index (χ4n) is 2.40. The predicted octanol–water partition coefficient (Wildman–Crippen LogP) is 1.46. The minimum Gasteiger partial charge on any atom is -0.368 e. The summed E-state index contributed by atoms with van der Waals surface area (Å²) >= 11 is 0. The van der Waals surface area contributed by atoms with E-state index in [1.54, 1.807) is 30.6 Å². The number of nitrogens with two attached hydrogens (primary N) is 1. The number of hydrogen-bond donors (Lipinski definition) is 2. The Labute approximate surface area is 138 Å². The van der Waals surface area contributed by atoms with Crippen LogP contribution in [0.25, 0.3) is 10.9 Å². The molecule has 0 radical (unpaired) electrons. The van der Waals surface area contributed by atoms with Gasteiger partial charge in [-0.1, -0.05) is 30.3 Å². The SMILES string of the molecule is NC(=O)[C@@H](Cc1ccccc1)NC(=O)c1ccc2cnccc2n1. The second kappa shape index (κ2) is 6.87. The second-order valence-corrected chi connectivity index (χ2v) is 5.38. The largest absolute Gasteiger partial charge is 0.368 e. The van der Waals surface area contributed by atoms with Gasteiger partial charge in [0.25, 0.3) is 5.91 Å². The molecule has 0 spiro atoms. The lowest BCUT2D eigenvalue weighted by Crippen LogP contribution is -2.46. The summed E-state index contributed by atoms with van der Waals surface area (Å²) in [6, 6.07) is 13.7. The molecule has 1 atom stereocenters. The van der Waals surface area contributed by atoms with Gasteiger partial charge in [0.1, 0.15) is 11.7 Å². The van der Waals surface area contributed by atoms with Crippen LogP contribution >= 0.6 is 0 Å². The van der Waals surface area contributed by atoms with Gasteiger partial charge < -0.3 is 11.1 Å². The van der Waals surface area contributed by atoms with Crippen molar-refractivity contribution in [3.8, 4) is 0 Å². The Bertz CT molecular complexity index is 880. The van der Waals surface area contributed by atoms with Crippen LogP contribution in [0.4, 0.5) is 0 Å². The van der Waals surface area contributed by atoms with E-state index >= 15 is 0 Å². The van der Waals surface area contributed by atoms with E-state index in [-0.39, 0.29) is 5.69 Å². The van der Waals surface area contributed by atoms with E-state index < -0.39 is 17.9 Å². The number of carbonyl (C=O) groups excluding carboxylic acids is 2. The van der Waals surface area contributed by atoms with Crippen LogP contribution in [0.3, 0.4) is 0 Å². The highest BCUT2D eigenvalue weighted by molar-refractivity contribution is 5.97. The van der Waals surface area contributed by atoms with Gasteiger partial charge in [-0.25, -0.2) is 4.98 Å². The van der Waals surface area contributed by atoms with Crippen molar-refractivity contribution < 1.29 is 9.59 Å². The van der Waals surface area contributed by atoms with Crippen molar-refractivity contribution in [1.82, 2.24) is 15.3 Å². The van der Waals surface area contributed by atoms with Crippen molar-refractivity contribution in [3.05, 3.63) is 72.2 Å². The average Bonchev–Trinajstić information content (AvgIpc) is 2.61. The molecule has 2 amide bonds. The van der Waals surface area contributed by atoms with Gasteiger partial charge in [-0.3, -0.25) is 14.6 Å². The third-order valence-electron chi connectivity index (χ3n) is 3.65. The number of rotatable bonds is 5. The van der Waals surface area contributed by atoms with Crippen LogP contribution in [0.1, 0.15) is 16.1 Å². The lowest BCUT2D eigenvalue weighted by molar-refractivity contribution is -0.119. The summed E-state index contributed by atoms with van der Waals surface area (Å²) in [6.45, 7) is 0. The van der Waals surface area contributed by atoms with Gasteiger partial charge in [-0.05, 0) is 23.8 Å². The van der Waals surface area contributed by atoms with E-state index in [2.05, 4.69) is 15.3 Å². The van der Waals surface area contributed by atoms with Gasteiger partial charge in [-0.15, -0.1) is 0 Å². The zero-order valence-corrected chi connectivity index (χ0v) is 12.8. The summed E-state index contributed by atoms with van der Waals surface area (Å²) in [5.41, 5.74) is 7.23. The van der Waals surface area contributed by atoms with E-state index in [0.29, 0.717) is 11.9 Å². The molecule has 0 saturated carbocycles. The van der Waals surface area contributed by atoms with Gasteiger partial charge in [0.15, 0.2) is 0 Å². The summed E-state index contributed by atoms with van der Waals surface area (Å²) in [5, 5.41) is 3.49. The summed E-state index contributed by atoms with van der Waals surface area (Å²) < 4.78 is 0. The summed E-state index contributed by atoms with van der Waals surface area (Å²) in [6.07, 6.45) is 3.61. The third kappa shape index (κ3) is 3.55. The molecule has 0 bridgehead atoms. The Morgan fingerprint density at radius 2 is 1.88 bits per heavy atom. The Morgan fingerprint density at radius 3 is 2.62 bits per heavy atom. The first kappa shape index (κ1) is 15.6. The van der Waals surface area contributed by atoms with E-state index in [0.717, 1.165) is 10.9 Å². The Balaban J connectivity index is 1.78. The quantitative estimate of drug-likeness (QED) is 0.743. The number of aromatic nitrogens is 2. The normalized spacial score (nSPS) is 11.8. The molecule has 0 fully saturated rings. The molecule has 2 aromatic heterocycles. The maximum Gasteiger partial charge on any atom is 0.270 e. The summed E-state index contributed by atoms with van der Waals surface area (Å²) in [7, 11) is 0. The Morgan fingerprint density at radius 1 is 1.08 bits per heavy atom. The molecule has 3 rings (SSSR count). The van der Waals surface area contributed by atoms with Crippen molar-refractivity contribution in [3.63, 3.8) is 0 Å². The maximum atomic E-state index is 12.4. The zero-order chi connectivity index (χ0) is 16.9. The number of nitrogens with zero attached hydrogens (tertiary/aromatic N) is 2. The van der Waals surface area contributed by atoms with Gasteiger partial charge in [0.05, 0.1) is 5.52 Å². The lowest BCUT2D eigenvalue weighted by Gasteiger charge is -2.15. The van der Waals surface area contributed by atoms with Crippen LogP contribution in [0.5, 0.6) is 0 Å². The zero-order valence-electron chi connectivity index (χ0n) is 12.8. The highest BCUT2D eigenvalue weighted by Crippen LogP contribution is 2.11. The molecule has 3 aromatic rings. The van der Waals surface area contributed by atoms with Crippen molar-refractivity contribution in [1.29, 1.82) is 0 Å². The van der Waals surface area contributed by atoms with Crippen molar-refractivity contribution in [2.45, 2.75) is 12.5 Å². The molecule has 0 saturated heterocycles. The first-order valence-corrected chi connectivity index (χ1v) is 7.48. The highest BCUT2D eigenvalue weighted by atomic mass is 16.2. The van der Waals surface area contributed by atoms with E-state index in [9.17, 15) is 9.59 Å². The first-order valence-electron chi connectivity index (χ1n) is 7.48.